The van der Waals surface area contributed by atoms with E-state index in [0.717, 1.165) is 35.6 Å². The quantitative estimate of drug-likeness (QED) is 0.893. The zero-order valence-corrected chi connectivity index (χ0v) is 11.5. The fourth-order valence-electron chi connectivity index (χ4n) is 1.83. The Morgan fingerprint density at radius 3 is 2.79 bits per heavy atom. The van der Waals surface area contributed by atoms with Crippen molar-refractivity contribution in [2.45, 2.75) is 20.3 Å². The third-order valence-corrected chi connectivity index (χ3v) is 2.70. The van der Waals surface area contributed by atoms with E-state index in [4.69, 9.17) is 4.74 Å². The minimum Gasteiger partial charge on any atom is -0.491 e. The molecule has 100 valence electrons. The maximum atomic E-state index is 5.45. The number of anilines is 1. The summed E-state index contributed by atoms with van der Waals surface area (Å²) in [5.74, 6) is 1.37. The molecule has 5 heteroatoms. The van der Waals surface area contributed by atoms with Gasteiger partial charge in [0, 0.05) is 24.5 Å². The van der Waals surface area contributed by atoms with Crippen LogP contribution in [0.15, 0.2) is 24.8 Å². The second kappa shape index (κ2) is 6.13. The Kier molecular flexibility index (Phi) is 4.28. The van der Waals surface area contributed by atoms with Gasteiger partial charge in [0.1, 0.15) is 12.0 Å². The molecule has 5 nitrogen and oxygen atoms in total. The van der Waals surface area contributed by atoms with E-state index in [1.54, 1.807) is 13.3 Å². The fraction of sp³-hybridized carbons (Fsp3) is 0.357. The van der Waals surface area contributed by atoms with Crippen LogP contribution in [0.1, 0.15) is 18.9 Å². The fourth-order valence-corrected chi connectivity index (χ4v) is 1.83. The van der Waals surface area contributed by atoms with Gasteiger partial charge in [0.05, 0.1) is 7.11 Å². The number of hydrogen-bond acceptors (Lipinski definition) is 5. The lowest BCUT2D eigenvalue weighted by atomic mass is 10.1. The molecule has 0 aliphatic heterocycles. The lowest BCUT2D eigenvalue weighted by Gasteiger charge is -2.12. The van der Waals surface area contributed by atoms with Crippen LogP contribution in [-0.2, 0) is 0 Å². The minimum atomic E-state index is 0.656. The van der Waals surface area contributed by atoms with Gasteiger partial charge in [-0.1, -0.05) is 6.92 Å². The van der Waals surface area contributed by atoms with Gasteiger partial charge < -0.3 is 10.1 Å². The standard InChI is InChI=1S/C14H18N4O/c1-4-5-16-14-13(19-3)12(17-9-18-14)11-6-10(2)7-15-8-11/h6-9H,4-5H2,1-3H3,(H,16,17,18). The molecule has 0 unspecified atom stereocenters. The highest BCUT2D eigenvalue weighted by molar-refractivity contribution is 5.72. The molecular formula is C14H18N4O. The van der Waals surface area contributed by atoms with Crippen molar-refractivity contribution in [2.24, 2.45) is 0 Å². The van der Waals surface area contributed by atoms with Crippen molar-refractivity contribution in [3.8, 4) is 17.0 Å². The normalized spacial score (nSPS) is 10.3. The molecule has 1 N–H and O–H groups in total. The number of aryl methyl sites for hydroxylation is 1. The molecule has 0 fully saturated rings. The molecule has 0 atom stereocenters. The Morgan fingerprint density at radius 2 is 2.11 bits per heavy atom. The van der Waals surface area contributed by atoms with Gasteiger partial charge in [-0.05, 0) is 25.0 Å². The Bertz CT molecular complexity index is 557. The summed E-state index contributed by atoms with van der Waals surface area (Å²) in [7, 11) is 1.63. The first-order valence-corrected chi connectivity index (χ1v) is 6.31. The Morgan fingerprint density at radius 1 is 1.26 bits per heavy atom. The van der Waals surface area contributed by atoms with Crippen molar-refractivity contribution in [1.82, 2.24) is 15.0 Å². The first kappa shape index (κ1) is 13.3. The SMILES string of the molecule is CCCNc1ncnc(-c2cncc(C)c2)c1OC. The van der Waals surface area contributed by atoms with Crippen LogP contribution in [0, 0.1) is 6.92 Å². The summed E-state index contributed by atoms with van der Waals surface area (Å²) in [6.45, 7) is 4.95. The average molecular weight is 258 g/mol. The Labute approximate surface area is 113 Å². The lowest BCUT2D eigenvalue weighted by Crippen LogP contribution is -2.06. The van der Waals surface area contributed by atoms with E-state index in [1.165, 1.54) is 6.33 Å². The van der Waals surface area contributed by atoms with Gasteiger partial charge >= 0.3 is 0 Å². The topological polar surface area (TPSA) is 59.9 Å². The molecule has 0 amide bonds. The van der Waals surface area contributed by atoms with Gasteiger partial charge in [-0.15, -0.1) is 0 Å². The molecule has 2 aromatic heterocycles. The zero-order valence-electron chi connectivity index (χ0n) is 11.5. The molecule has 0 aromatic carbocycles. The summed E-state index contributed by atoms with van der Waals surface area (Å²) in [5, 5.41) is 3.24. The van der Waals surface area contributed by atoms with Crippen LogP contribution in [0.25, 0.3) is 11.3 Å². The van der Waals surface area contributed by atoms with Crippen molar-refractivity contribution in [2.75, 3.05) is 19.0 Å². The van der Waals surface area contributed by atoms with Crippen molar-refractivity contribution < 1.29 is 4.74 Å². The molecule has 0 saturated heterocycles. The third-order valence-electron chi connectivity index (χ3n) is 2.70. The predicted molar refractivity (Wildman–Crippen MR) is 75.3 cm³/mol. The minimum absolute atomic E-state index is 0.656. The highest BCUT2D eigenvalue weighted by Crippen LogP contribution is 2.32. The summed E-state index contributed by atoms with van der Waals surface area (Å²) < 4.78 is 5.45. The number of ether oxygens (including phenoxy) is 1. The number of nitrogens with zero attached hydrogens (tertiary/aromatic N) is 3. The van der Waals surface area contributed by atoms with Gasteiger partial charge in [-0.25, -0.2) is 9.97 Å². The van der Waals surface area contributed by atoms with Gasteiger partial charge in [0.15, 0.2) is 11.6 Å². The smallest absolute Gasteiger partial charge is 0.187 e. The second-order valence-electron chi connectivity index (χ2n) is 4.28. The van der Waals surface area contributed by atoms with Crippen LogP contribution < -0.4 is 10.1 Å². The predicted octanol–water partition coefficient (Wildman–Crippen LogP) is 2.68. The zero-order chi connectivity index (χ0) is 13.7. The summed E-state index contributed by atoms with van der Waals surface area (Å²) in [6.07, 6.45) is 6.15. The Balaban J connectivity index is 2.45. The van der Waals surface area contributed by atoms with Gasteiger partial charge in [-0.3, -0.25) is 4.98 Å². The van der Waals surface area contributed by atoms with Crippen LogP contribution in [0.3, 0.4) is 0 Å². The van der Waals surface area contributed by atoms with E-state index in [9.17, 15) is 0 Å². The van der Waals surface area contributed by atoms with Crippen LogP contribution in [0.2, 0.25) is 0 Å². The number of nitrogens with one attached hydrogen (secondary N) is 1. The summed E-state index contributed by atoms with van der Waals surface area (Å²) >= 11 is 0. The highest BCUT2D eigenvalue weighted by atomic mass is 16.5. The van der Waals surface area contributed by atoms with Gasteiger partial charge in [0.25, 0.3) is 0 Å². The highest BCUT2D eigenvalue weighted by Gasteiger charge is 2.13. The first-order chi connectivity index (χ1) is 9.26. The van der Waals surface area contributed by atoms with Crippen molar-refractivity contribution in [3.63, 3.8) is 0 Å². The second-order valence-corrected chi connectivity index (χ2v) is 4.28. The lowest BCUT2D eigenvalue weighted by molar-refractivity contribution is 0.414. The molecule has 2 heterocycles. The number of hydrogen-bond donors (Lipinski definition) is 1. The van der Waals surface area contributed by atoms with E-state index in [1.807, 2.05) is 19.2 Å². The average Bonchev–Trinajstić information content (AvgIpc) is 2.44. The maximum absolute atomic E-state index is 5.45. The van der Waals surface area contributed by atoms with Crippen molar-refractivity contribution >= 4 is 5.82 Å². The number of pyridine rings is 1. The van der Waals surface area contributed by atoms with E-state index >= 15 is 0 Å². The van der Waals surface area contributed by atoms with Crippen LogP contribution in [0.5, 0.6) is 5.75 Å². The van der Waals surface area contributed by atoms with Crippen LogP contribution in [-0.4, -0.2) is 28.6 Å². The molecule has 0 aliphatic carbocycles. The van der Waals surface area contributed by atoms with Crippen LogP contribution in [0.4, 0.5) is 5.82 Å². The third kappa shape index (κ3) is 2.99. The molecule has 2 rings (SSSR count). The summed E-state index contributed by atoms with van der Waals surface area (Å²) in [4.78, 5) is 12.7. The van der Waals surface area contributed by atoms with E-state index in [2.05, 4.69) is 27.2 Å². The molecule has 0 spiro atoms. The molecule has 0 radical (unpaired) electrons. The number of methoxy groups -OCH3 is 1. The molecule has 2 aromatic rings. The summed E-state index contributed by atoms with van der Waals surface area (Å²) in [5.41, 5.74) is 2.77. The largest absolute Gasteiger partial charge is 0.491 e. The van der Waals surface area contributed by atoms with Crippen molar-refractivity contribution in [1.29, 1.82) is 0 Å². The van der Waals surface area contributed by atoms with E-state index < -0.39 is 0 Å². The molecule has 19 heavy (non-hydrogen) atoms. The number of aromatic nitrogens is 3. The maximum Gasteiger partial charge on any atom is 0.187 e. The van der Waals surface area contributed by atoms with E-state index in [-0.39, 0.29) is 0 Å². The number of rotatable bonds is 5. The summed E-state index contributed by atoms with van der Waals surface area (Å²) in [6, 6.07) is 2.03. The van der Waals surface area contributed by atoms with E-state index in [0.29, 0.717) is 5.75 Å². The monoisotopic (exact) mass is 258 g/mol. The van der Waals surface area contributed by atoms with Crippen LogP contribution >= 0.6 is 0 Å². The van der Waals surface area contributed by atoms with Gasteiger partial charge in [0.2, 0.25) is 0 Å². The molecule has 0 aliphatic rings. The molecular weight excluding hydrogens is 240 g/mol. The molecule has 0 saturated carbocycles. The molecule has 0 bridgehead atoms. The Hall–Kier alpha value is -2.17. The van der Waals surface area contributed by atoms with Crippen molar-refractivity contribution in [3.05, 3.63) is 30.4 Å². The first-order valence-electron chi connectivity index (χ1n) is 6.31. The van der Waals surface area contributed by atoms with Gasteiger partial charge in [-0.2, -0.15) is 0 Å².